The standard InChI is InChI=1S/C20H24O3/c1-4-6-7-9-19-18(14-20(21)23-19)17(8-5-2)15-10-12-16(22-3)13-11-15/h10-13,17H,4,6-7,9,14H2,1-3H3. The molecule has 0 N–H and O–H groups in total. The van der Waals surface area contributed by atoms with Crippen molar-refractivity contribution in [2.75, 3.05) is 7.11 Å². The summed E-state index contributed by atoms with van der Waals surface area (Å²) < 4.78 is 10.7. The summed E-state index contributed by atoms with van der Waals surface area (Å²) in [6, 6.07) is 7.86. The molecule has 0 amide bonds. The van der Waals surface area contributed by atoms with Gasteiger partial charge >= 0.3 is 5.97 Å². The van der Waals surface area contributed by atoms with E-state index in [0.29, 0.717) is 6.42 Å². The van der Waals surface area contributed by atoms with Crippen LogP contribution in [-0.2, 0) is 9.53 Å². The average Bonchev–Trinajstić information content (AvgIpc) is 2.93. The summed E-state index contributed by atoms with van der Waals surface area (Å²) in [7, 11) is 1.65. The lowest BCUT2D eigenvalue weighted by Gasteiger charge is -2.14. The molecule has 0 saturated heterocycles. The van der Waals surface area contributed by atoms with Gasteiger partial charge in [-0.3, -0.25) is 4.79 Å². The fourth-order valence-corrected chi connectivity index (χ4v) is 2.82. The molecule has 2 rings (SSSR count). The number of esters is 1. The van der Waals surface area contributed by atoms with E-state index in [0.717, 1.165) is 48.3 Å². The van der Waals surface area contributed by atoms with Crippen LogP contribution in [-0.4, -0.2) is 13.1 Å². The molecule has 0 bridgehead atoms. The zero-order valence-corrected chi connectivity index (χ0v) is 14.1. The third-order valence-corrected chi connectivity index (χ3v) is 4.02. The van der Waals surface area contributed by atoms with E-state index >= 15 is 0 Å². The quantitative estimate of drug-likeness (QED) is 0.420. The van der Waals surface area contributed by atoms with E-state index in [4.69, 9.17) is 9.47 Å². The largest absolute Gasteiger partial charge is 0.497 e. The summed E-state index contributed by atoms with van der Waals surface area (Å²) in [6.07, 6.45) is 4.48. The van der Waals surface area contributed by atoms with Gasteiger partial charge in [0.1, 0.15) is 11.5 Å². The SMILES string of the molecule is CC#CC(C1=C(CCCCC)OC(=O)C1)c1ccc(OC)cc1. The van der Waals surface area contributed by atoms with Crippen molar-refractivity contribution in [1.82, 2.24) is 0 Å². The second kappa shape index (κ2) is 8.43. The lowest BCUT2D eigenvalue weighted by molar-refractivity contribution is -0.136. The van der Waals surface area contributed by atoms with Gasteiger partial charge in [0.25, 0.3) is 0 Å². The van der Waals surface area contributed by atoms with Crippen LogP contribution in [0, 0.1) is 11.8 Å². The third-order valence-electron chi connectivity index (χ3n) is 4.02. The fourth-order valence-electron chi connectivity index (χ4n) is 2.82. The molecule has 0 saturated carbocycles. The molecule has 0 aliphatic carbocycles. The van der Waals surface area contributed by atoms with Crippen molar-refractivity contribution in [3.8, 4) is 17.6 Å². The Hall–Kier alpha value is -2.21. The third kappa shape index (κ3) is 4.39. The number of hydrogen-bond acceptors (Lipinski definition) is 3. The first-order valence-corrected chi connectivity index (χ1v) is 8.18. The number of unbranched alkanes of at least 4 members (excludes halogenated alkanes) is 2. The highest BCUT2D eigenvalue weighted by atomic mass is 16.5. The zero-order valence-electron chi connectivity index (χ0n) is 14.1. The van der Waals surface area contributed by atoms with Crippen LogP contribution in [0.4, 0.5) is 0 Å². The molecular weight excluding hydrogens is 288 g/mol. The smallest absolute Gasteiger partial charge is 0.315 e. The van der Waals surface area contributed by atoms with Crippen LogP contribution in [0.1, 0.15) is 57.4 Å². The number of methoxy groups -OCH3 is 1. The van der Waals surface area contributed by atoms with E-state index in [1.807, 2.05) is 31.2 Å². The molecule has 1 heterocycles. The van der Waals surface area contributed by atoms with Crippen molar-refractivity contribution in [3.05, 3.63) is 41.2 Å². The molecule has 3 heteroatoms. The van der Waals surface area contributed by atoms with Crippen LogP contribution in [0.15, 0.2) is 35.6 Å². The van der Waals surface area contributed by atoms with Crippen LogP contribution in [0.2, 0.25) is 0 Å². The first kappa shape index (κ1) is 17.1. The molecule has 1 aliphatic heterocycles. The predicted molar refractivity (Wildman–Crippen MR) is 91.1 cm³/mol. The van der Waals surface area contributed by atoms with Crippen LogP contribution < -0.4 is 4.74 Å². The maximum atomic E-state index is 11.8. The van der Waals surface area contributed by atoms with Gasteiger partial charge in [-0.05, 0) is 36.6 Å². The van der Waals surface area contributed by atoms with Gasteiger partial charge in [-0.1, -0.05) is 37.8 Å². The Kier molecular flexibility index (Phi) is 6.29. The lowest BCUT2D eigenvalue weighted by atomic mass is 9.88. The second-order valence-corrected chi connectivity index (χ2v) is 5.66. The first-order chi connectivity index (χ1) is 11.2. The summed E-state index contributed by atoms with van der Waals surface area (Å²) >= 11 is 0. The van der Waals surface area contributed by atoms with Crippen LogP contribution in [0.25, 0.3) is 0 Å². The highest BCUT2D eigenvalue weighted by molar-refractivity contribution is 5.78. The molecule has 0 aromatic heterocycles. The average molecular weight is 312 g/mol. The van der Waals surface area contributed by atoms with Gasteiger partial charge < -0.3 is 9.47 Å². The maximum Gasteiger partial charge on any atom is 0.315 e. The topological polar surface area (TPSA) is 35.5 Å². The van der Waals surface area contributed by atoms with Gasteiger partial charge in [-0.2, -0.15) is 0 Å². The predicted octanol–water partition coefficient (Wildman–Crippen LogP) is 4.58. The normalized spacial score (nSPS) is 15.0. The monoisotopic (exact) mass is 312 g/mol. The number of carbonyl (C=O) groups excluding carboxylic acids is 1. The van der Waals surface area contributed by atoms with Crippen molar-refractivity contribution in [1.29, 1.82) is 0 Å². The molecule has 1 aromatic carbocycles. The molecular formula is C20H24O3. The highest BCUT2D eigenvalue weighted by Gasteiger charge is 2.29. The van der Waals surface area contributed by atoms with Crippen molar-refractivity contribution in [2.24, 2.45) is 0 Å². The molecule has 3 nitrogen and oxygen atoms in total. The van der Waals surface area contributed by atoms with E-state index in [-0.39, 0.29) is 11.9 Å². The van der Waals surface area contributed by atoms with E-state index in [9.17, 15) is 4.79 Å². The van der Waals surface area contributed by atoms with Crippen molar-refractivity contribution in [3.63, 3.8) is 0 Å². The summed E-state index contributed by atoms with van der Waals surface area (Å²) in [5, 5.41) is 0. The minimum absolute atomic E-state index is 0.0889. The number of ether oxygens (including phenoxy) is 2. The van der Waals surface area contributed by atoms with Gasteiger partial charge in [0, 0.05) is 6.42 Å². The van der Waals surface area contributed by atoms with Crippen molar-refractivity contribution < 1.29 is 14.3 Å². The summed E-state index contributed by atoms with van der Waals surface area (Å²) in [5.74, 6) is 7.62. The minimum atomic E-state index is -0.164. The molecule has 1 unspecified atom stereocenters. The van der Waals surface area contributed by atoms with Crippen LogP contribution in [0.5, 0.6) is 5.75 Å². The van der Waals surface area contributed by atoms with Crippen LogP contribution >= 0.6 is 0 Å². The number of hydrogen-bond donors (Lipinski definition) is 0. The Bertz CT molecular complexity index is 629. The molecule has 1 atom stereocenters. The number of benzene rings is 1. The Balaban J connectivity index is 2.30. The van der Waals surface area contributed by atoms with E-state index < -0.39 is 0 Å². The maximum absolute atomic E-state index is 11.8. The van der Waals surface area contributed by atoms with Gasteiger partial charge in [0.05, 0.1) is 19.4 Å². The molecule has 0 spiro atoms. The molecule has 0 radical (unpaired) electrons. The number of rotatable bonds is 7. The molecule has 23 heavy (non-hydrogen) atoms. The number of cyclic esters (lactones) is 1. The lowest BCUT2D eigenvalue weighted by Crippen LogP contribution is -2.02. The second-order valence-electron chi connectivity index (χ2n) is 5.66. The molecule has 1 aromatic rings. The Morgan fingerprint density at radius 2 is 2.00 bits per heavy atom. The molecule has 0 fully saturated rings. The Labute approximate surface area is 138 Å². The van der Waals surface area contributed by atoms with E-state index in [1.165, 1.54) is 0 Å². The van der Waals surface area contributed by atoms with Gasteiger partial charge in [0.15, 0.2) is 0 Å². The number of allylic oxidation sites excluding steroid dienone is 1. The Morgan fingerprint density at radius 3 is 2.61 bits per heavy atom. The molecule has 1 aliphatic rings. The fraction of sp³-hybridized carbons (Fsp3) is 0.450. The zero-order chi connectivity index (χ0) is 16.7. The first-order valence-electron chi connectivity index (χ1n) is 8.18. The van der Waals surface area contributed by atoms with Gasteiger partial charge in [-0.15, -0.1) is 5.92 Å². The molecule has 122 valence electrons. The Morgan fingerprint density at radius 1 is 1.26 bits per heavy atom. The number of carbonyl (C=O) groups is 1. The van der Waals surface area contributed by atoms with Gasteiger partial charge in [-0.25, -0.2) is 0 Å². The van der Waals surface area contributed by atoms with Crippen molar-refractivity contribution >= 4 is 5.97 Å². The van der Waals surface area contributed by atoms with E-state index in [2.05, 4.69) is 18.8 Å². The van der Waals surface area contributed by atoms with Crippen molar-refractivity contribution in [2.45, 2.75) is 51.9 Å². The minimum Gasteiger partial charge on any atom is -0.497 e. The van der Waals surface area contributed by atoms with Gasteiger partial charge in [0.2, 0.25) is 0 Å². The summed E-state index contributed by atoms with van der Waals surface area (Å²) in [5.41, 5.74) is 2.09. The highest BCUT2D eigenvalue weighted by Crippen LogP contribution is 2.36. The summed E-state index contributed by atoms with van der Waals surface area (Å²) in [4.78, 5) is 11.8. The van der Waals surface area contributed by atoms with E-state index in [1.54, 1.807) is 7.11 Å². The summed E-state index contributed by atoms with van der Waals surface area (Å²) in [6.45, 7) is 3.99. The van der Waals surface area contributed by atoms with Crippen LogP contribution in [0.3, 0.4) is 0 Å².